The summed E-state index contributed by atoms with van der Waals surface area (Å²) < 4.78 is 6.38. The van der Waals surface area contributed by atoms with Crippen molar-refractivity contribution in [3.05, 3.63) is 17.5 Å². The Labute approximate surface area is 85.5 Å². The summed E-state index contributed by atoms with van der Waals surface area (Å²) in [6.45, 7) is 1.90. The topological polar surface area (TPSA) is 31.2 Å². The van der Waals surface area contributed by atoms with Crippen LogP contribution in [0.5, 0.6) is 0 Å². The minimum absolute atomic E-state index is 0.345. The van der Waals surface area contributed by atoms with E-state index in [4.69, 9.17) is 10.7 Å². The van der Waals surface area contributed by atoms with Crippen molar-refractivity contribution in [3.63, 3.8) is 0 Å². The van der Waals surface area contributed by atoms with Gasteiger partial charge in [-0.1, -0.05) is 0 Å². The van der Waals surface area contributed by atoms with Crippen LogP contribution in [-0.2, 0) is 11.8 Å². The summed E-state index contributed by atoms with van der Waals surface area (Å²) in [5, 5.41) is 0. The summed E-state index contributed by atoms with van der Waals surface area (Å²) in [4.78, 5) is 12.1. The molecular weight excluding hydrogens is 210 g/mol. The highest BCUT2D eigenvalue weighted by Gasteiger charge is 2.15. The Kier molecular flexibility index (Phi) is 3.27. The van der Waals surface area contributed by atoms with E-state index in [0.717, 1.165) is 21.6 Å². The Morgan fingerprint density at radius 2 is 2.31 bits per heavy atom. The molecule has 0 atom stereocenters. The maximum absolute atomic E-state index is 11.2. The fourth-order valence-corrected chi connectivity index (χ4v) is 1.92. The van der Waals surface area contributed by atoms with Crippen molar-refractivity contribution in [2.75, 3.05) is 7.11 Å². The second-order valence-corrected chi connectivity index (χ2v) is 3.66. The van der Waals surface area contributed by atoms with E-state index in [0.29, 0.717) is 5.69 Å². The van der Waals surface area contributed by atoms with E-state index in [1.54, 1.807) is 17.7 Å². The van der Waals surface area contributed by atoms with Gasteiger partial charge in [-0.2, -0.15) is 0 Å². The van der Waals surface area contributed by atoms with Crippen LogP contribution in [0.1, 0.15) is 16.2 Å². The van der Waals surface area contributed by atoms with Crippen molar-refractivity contribution < 1.29 is 9.53 Å². The van der Waals surface area contributed by atoms with Crippen LogP contribution in [0.2, 0.25) is 0 Å². The normalized spacial score (nSPS) is 10.2. The molecule has 0 aliphatic carbocycles. The van der Waals surface area contributed by atoms with Gasteiger partial charge in [0.2, 0.25) is 0 Å². The number of rotatable bonds is 2. The van der Waals surface area contributed by atoms with Crippen LogP contribution in [0.25, 0.3) is 0 Å². The summed E-state index contributed by atoms with van der Waals surface area (Å²) >= 11 is 0. The van der Waals surface area contributed by atoms with Gasteiger partial charge in [-0.05, 0) is 34.6 Å². The molecule has 1 aromatic rings. The summed E-state index contributed by atoms with van der Waals surface area (Å²) in [5.41, 5.74) is 1.48. The minimum atomic E-state index is -0.345. The quantitative estimate of drug-likeness (QED) is 0.716. The van der Waals surface area contributed by atoms with E-state index < -0.39 is 0 Å². The Hall–Kier alpha value is -0.610. The van der Waals surface area contributed by atoms with Gasteiger partial charge in [0.15, 0.2) is 0 Å². The molecule has 1 aromatic heterocycles. The van der Waals surface area contributed by atoms with Crippen molar-refractivity contribution in [3.8, 4) is 0 Å². The number of carbonyl (C=O) groups is 1. The molecule has 13 heavy (non-hydrogen) atoms. The molecule has 3 nitrogen and oxygen atoms in total. The highest BCUT2D eigenvalue weighted by molar-refractivity contribution is 8.21. The molecule has 1 heterocycles. The third-order valence-corrected chi connectivity index (χ3v) is 3.04. The second-order valence-electron chi connectivity index (χ2n) is 2.61. The lowest BCUT2D eigenvalue weighted by atomic mass is 10.4. The molecule has 0 aromatic carbocycles. The van der Waals surface area contributed by atoms with Gasteiger partial charge in [-0.15, -0.1) is 0 Å². The molecule has 0 spiro atoms. The summed E-state index contributed by atoms with van der Waals surface area (Å²) in [5.74, 6) is -0.345. The third-order valence-electron chi connectivity index (χ3n) is 1.97. The molecular formula is C8H10ClNO2S. The van der Waals surface area contributed by atoms with Crippen molar-refractivity contribution in [1.82, 2.24) is 4.57 Å². The number of nitrogens with zero attached hydrogens (tertiary/aromatic N) is 1. The SMILES string of the molecule is COC(=O)c1cc(SCl)c(C)n1C. The van der Waals surface area contributed by atoms with Crippen LogP contribution in [0.15, 0.2) is 11.0 Å². The van der Waals surface area contributed by atoms with Gasteiger partial charge >= 0.3 is 5.97 Å². The monoisotopic (exact) mass is 219 g/mol. The van der Waals surface area contributed by atoms with Crippen LogP contribution in [0, 0.1) is 6.92 Å². The van der Waals surface area contributed by atoms with Crippen molar-refractivity contribution in [1.29, 1.82) is 0 Å². The van der Waals surface area contributed by atoms with Crippen LogP contribution < -0.4 is 0 Å². The molecule has 0 saturated heterocycles. The first kappa shape index (κ1) is 10.5. The maximum atomic E-state index is 11.2. The lowest BCUT2D eigenvalue weighted by molar-refractivity contribution is 0.0589. The Bertz CT molecular complexity index is 335. The van der Waals surface area contributed by atoms with Gasteiger partial charge in [0, 0.05) is 17.6 Å². The summed E-state index contributed by atoms with van der Waals surface area (Å²) in [7, 11) is 9.88. The Balaban J connectivity index is 3.17. The minimum Gasteiger partial charge on any atom is -0.464 e. The van der Waals surface area contributed by atoms with Gasteiger partial charge in [-0.3, -0.25) is 0 Å². The molecule has 0 fully saturated rings. The van der Waals surface area contributed by atoms with E-state index in [1.807, 2.05) is 6.92 Å². The molecule has 0 bridgehead atoms. The summed E-state index contributed by atoms with van der Waals surface area (Å²) in [6.07, 6.45) is 0. The molecule has 0 saturated carbocycles. The van der Waals surface area contributed by atoms with Gasteiger partial charge in [-0.25, -0.2) is 4.79 Å². The number of hydrogen-bond donors (Lipinski definition) is 0. The largest absolute Gasteiger partial charge is 0.464 e. The second kappa shape index (κ2) is 4.07. The highest BCUT2D eigenvalue weighted by atomic mass is 35.7. The van der Waals surface area contributed by atoms with Gasteiger partial charge in [0.25, 0.3) is 0 Å². The molecule has 0 radical (unpaired) electrons. The first-order chi connectivity index (χ1) is 6.11. The van der Waals surface area contributed by atoms with Crippen LogP contribution in [0.3, 0.4) is 0 Å². The average Bonchev–Trinajstić information content (AvgIpc) is 2.43. The number of aromatic nitrogens is 1. The predicted octanol–water partition coefficient (Wildman–Crippen LogP) is 2.37. The fraction of sp³-hybridized carbons (Fsp3) is 0.375. The maximum Gasteiger partial charge on any atom is 0.354 e. The zero-order valence-electron chi connectivity index (χ0n) is 7.63. The van der Waals surface area contributed by atoms with Gasteiger partial charge in [0.1, 0.15) is 5.69 Å². The molecule has 0 amide bonds. The molecule has 0 unspecified atom stereocenters. The van der Waals surface area contributed by atoms with Crippen LogP contribution in [-0.4, -0.2) is 17.6 Å². The van der Waals surface area contributed by atoms with E-state index in [1.165, 1.54) is 7.11 Å². The van der Waals surface area contributed by atoms with Crippen molar-refractivity contribution in [2.45, 2.75) is 11.8 Å². The smallest absolute Gasteiger partial charge is 0.354 e. The number of methoxy groups -OCH3 is 1. The van der Waals surface area contributed by atoms with E-state index >= 15 is 0 Å². The Morgan fingerprint density at radius 1 is 1.69 bits per heavy atom. The Morgan fingerprint density at radius 3 is 2.69 bits per heavy atom. The first-order valence-corrected chi connectivity index (χ1v) is 5.29. The van der Waals surface area contributed by atoms with Gasteiger partial charge < -0.3 is 9.30 Å². The molecule has 5 heteroatoms. The fourth-order valence-electron chi connectivity index (χ4n) is 1.05. The van der Waals surface area contributed by atoms with Crippen molar-refractivity contribution in [2.24, 2.45) is 7.05 Å². The van der Waals surface area contributed by atoms with E-state index in [-0.39, 0.29) is 5.97 Å². The first-order valence-electron chi connectivity index (χ1n) is 3.65. The number of ether oxygens (including phenoxy) is 1. The number of carbonyl (C=O) groups excluding carboxylic acids is 1. The van der Waals surface area contributed by atoms with E-state index in [9.17, 15) is 4.79 Å². The third kappa shape index (κ3) is 1.84. The van der Waals surface area contributed by atoms with Crippen LogP contribution >= 0.6 is 21.7 Å². The average molecular weight is 220 g/mol. The zero-order valence-corrected chi connectivity index (χ0v) is 9.20. The predicted molar refractivity (Wildman–Crippen MR) is 53.2 cm³/mol. The van der Waals surface area contributed by atoms with E-state index in [2.05, 4.69) is 4.74 Å². The van der Waals surface area contributed by atoms with Gasteiger partial charge in [0.05, 0.1) is 7.11 Å². The molecule has 0 aliphatic rings. The lowest BCUT2D eigenvalue weighted by Crippen LogP contribution is -2.07. The molecule has 1 rings (SSSR count). The highest BCUT2D eigenvalue weighted by Crippen LogP contribution is 2.28. The molecule has 0 aliphatic heterocycles. The van der Waals surface area contributed by atoms with Crippen LogP contribution in [0.4, 0.5) is 0 Å². The van der Waals surface area contributed by atoms with Crippen molar-refractivity contribution >= 4 is 27.6 Å². The molecule has 0 N–H and O–H groups in total. The molecule has 72 valence electrons. The lowest BCUT2D eigenvalue weighted by Gasteiger charge is -2.01. The number of hydrogen-bond acceptors (Lipinski definition) is 3. The number of halogens is 1. The standard InChI is InChI=1S/C8H10ClNO2S/c1-5-7(13-9)4-6(10(5)2)8(11)12-3/h4H,1-3H3. The zero-order chi connectivity index (χ0) is 10.0. The number of esters is 1. The summed E-state index contributed by atoms with van der Waals surface area (Å²) in [6, 6.07) is 1.72.